The number of oxazole rings is 1. The number of hydrogen-bond acceptors (Lipinski definition) is 4. The van der Waals surface area contributed by atoms with Crippen molar-refractivity contribution in [3.05, 3.63) is 30.2 Å². The Morgan fingerprint density at radius 1 is 1.38 bits per heavy atom. The highest BCUT2D eigenvalue weighted by atomic mass is 16.5. The predicted octanol–water partition coefficient (Wildman–Crippen LogP) is 1.36. The fourth-order valence-corrected chi connectivity index (χ4v) is 1.95. The molecule has 84 valence electrons. The number of hydrogen-bond donors (Lipinski definition) is 1. The maximum Gasteiger partial charge on any atom is 0.198 e. The average Bonchev–Trinajstić information content (AvgIpc) is 2.72. The van der Waals surface area contributed by atoms with Gasteiger partial charge in [0.1, 0.15) is 5.52 Å². The molecule has 4 nitrogen and oxygen atoms in total. The number of nitrogens with zero attached hydrogens (tertiary/aromatic N) is 1. The Labute approximate surface area is 93.6 Å². The minimum atomic E-state index is 0.182. The zero-order valence-electron chi connectivity index (χ0n) is 8.98. The molecule has 0 aliphatic carbocycles. The zero-order chi connectivity index (χ0) is 10.8. The number of morpholine rings is 1. The Kier molecular flexibility index (Phi) is 2.60. The number of rotatable bonds is 2. The van der Waals surface area contributed by atoms with Crippen LogP contribution in [0, 0.1) is 0 Å². The van der Waals surface area contributed by atoms with E-state index in [1.807, 2.05) is 24.3 Å². The lowest BCUT2D eigenvalue weighted by Crippen LogP contribution is -2.39. The summed E-state index contributed by atoms with van der Waals surface area (Å²) in [6, 6.07) is 7.82. The molecular formula is C12H14N2O2. The first-order valence-electron chi connectivity index (χ1n) is 5.58. The van der Waals surface area contributed by atoms with Crippen molar-refractivity contribution in [3.63, 3.8) is 0 Å². The summed E-state index contributed by atoms with van der Waals surface area (Å²) in [6.07, 6.45) is 0.920. The van der Waals surface area contributed by atoms with E-state index in [1.165, 1.54) is 0 Å². The smallest absolute Gasteiger partial charge is 0.198 e. The summed E-state index contributed by atoms with van der Waals surface area (Å²) >= 11 is 0. The minimum Gasteiger partial charge on any atom is -0.441 e. The van der Waals surface area contributed by atoms with Gasteiger partial charge in [-0.1, -0.05) is 12.1 Å². The first kappa shape index (κ1) is 9.81. The van der Waals surface area contributed by atoms with Crippen molar-refractivity contribution in [2.24, 2.45) is 0 Å². The van der Waals surface area contributed by atoms with Gasteiger partial charge in [0.05, 0.1) is 19.1 Å². The molecule has 0 saturated carbocycles. The van der Waals surface area contributed by atoms with Crippen LogP contribution in [0.1, 0.15) is 5.89 Å². The largest absolute Gasteiger partial charge is 0.441 e. The lowest BCUT2D eigenvalue weighted by molar-refractivity contribution is 0.0257. The standard InChI is InChI=1S/C12H14N2O2/c1-2-4-11-10(3-1)14-12(16-11)7-9-8-13-5-6-15-9/h1-4,9,13H,5-8H2. The first-order chi connectivity index (χ1) is 7.92. The van der Waals surface area contributed by atoms with Crippen molar-refractivity contribution in [3.8, 4) is 0 Å². The van der Waals surface area contributed by atoms with Crippen LogP contribution in [0.5, 0.6) is 0 Å². The molecule has 1 fully saturated rings. The summed E-state index contributed by atoms with van der Waals surface area (Å²) in [5.74, 6) is 0.759. The van der Waals surface area contributed by atoms with Crippen molar-refractivity contribution in [1.82, 2.24) is 10.3 Å². The molecule has 0 amide bonds. The second-order valence-corrected chi connectivity index (χ2v) is 3.98. The number of ether oxygens (including phenoxy) is 1. The van der Waals surface area contributed by atoms with E-state index in [0.717, 1.165) is 43.1 Å². The fraction of sp³-hybridized carbons (Fsp3) is 0.417. The zero-order valence-corrected chi connectivity index (χ0v) is 8.98. The SMILES string of the molecule is c1ccc2oc(CC3CNCCO3)nc2c1. The molecule has 1 unspecified atom stereocenters. The van der Waals surface area contributed by atoms with E-state index in [1.54, 1.807) is 0 Å². The van der Waals surface area contributed by atoms with Crippen LogP contribution >= 0.6 is 0 Å². The molecule has 0 bridgehead atoms. The van der Waals surface area contributed by atoms with Crippen molar-refractivity contribution >= 4 is 11.1 Å². The van der Waals surface area contributed by atoms with Crippen LogP contribution in [0.25, 0.3) is 11.1 Å². The molecule has 4 heteroatoms. The Bertz CT molecular complexity index is 442. The van der Waals surface area contributed by atoms with Crippen LogP contribution in [0.15, 0.2) is 28.7 Å². The summed E-state index contributed by atoms with van der Waals surface area (Å²) in [6.45, 7) is 2.58. The molecule has 16 heavy (non-hydrogen) atoms. The Hall–Kier alpha value is -1.39. The van der Waals surface area contributed by atoms with Gasteiger partial charge in [0.25, 0.3) is 0 Å². The molecule has 2 heterocycles. The third kappa shape index (κ3) is 1.94. The number of fused-ring (bicyclic) bond motifs is 1. The summed E-state index contributed by atoms with van der Waals surface area (Å²) < 4.78 is 11.3. The molecule has 1 saturated heterocycles. The van der Waals surface area contributed by atoms with Crippen LogP contribution in [0.4, 0.5) is 0 Å². The first-order valence-corrected chi connectivity index (χ1v) is 5.58. The highest BCUT2D eigenvalue weighted by Crippen LogP contribution is 2.16. The number of nitrogens with one attached hydrogen (secondary N) is 1. The molecule has 1 N–H and O–H groups in total. The highest BCUT2D eigenvalue weighted by Gasteiger charge is 2.17. The van der Waals surface area contributed by atoms with E-state index >= 15 is 0 Å². The number of aromatic nitrogens is 1. The third-order valence-corrected chi connectivity index (χ3v) is 2.74. The minimum absolute atomic E-state index is 0.182. The van der Waals surface area contributed by atoms with Crippen LogP contribution < -0.4 is 5.32 Å². The molecule has 1 aromatic heterocycles. The van der Waals surface area contributed by atoms with E-state index < -0.39 is 0 Å². The fourth-order valence-electron chi connectivity index (χ4n) is 1.95. The Morgan fingerprint density at radius 2 is 2.31 bits per heavy atom. The molecule has 1 aromatic carbocycles. The van der Waals surface area contributed by atoms with E-state index in [4.69, 9.17) is 9.15 Å². The van der Waals surface area contributed by atoms with Gasteiger partial charge in [0.15, 0.2) is 11.5 Å². The number of para-hydroxylation sites is 2. The summed E-state index contributed by atoms with van der Waals surface area (Å²) in [5.41, 5.74) is 1.77. The van der Waals surface area contributed by atoms with Gasteiger partial charge in [-0.25, -0.2) is 4.98 Å². The van der Waals surface area contributed by atoms with Gasteiger partial charge in [0.2, 0.25) is 0 Å². The van der Waals surface area contributed by atoms with Crippen LogP contribution in [-0.4, -0.2) is 30.8 Å². The maximum absolute atomic E-state index is 5.65. The van der Waals surface area contributed by atoms with Gasteiger partial charge in [0, 0.05) is 13.1 Å². The maximum atomic E-state index is 5.65. The van der Waals surface area contributed by atoms with Gasteiger partial charge >= 0.3 is 0 Å². The van der Waals surface area contributed by atoms with E-state index in [-0.39, 0.29) is 6.10 Å². The van der Waals surface area contributed by atoms with Crippen LogP contribution in [0.3, 0.4) is 0 Å². The molecule has 1 aliphatic heterocycles. The lowest BCUT2D eigenvalue weighted by atomic mass is 10.2. The van der Waals surface area contributed by atoms with Crippen LogP contribution in [-0.2, 0) is 11.2 Å². The third-order valence-electron chi connectivity index (χ3n) is 2.74. The summed E-state index contributed by atoms with van der Waals surface area (Å²) in [5, 5.41) is 3.29. The predicted molar refractivity (Wildman–Crippen MR) is 60.3 cm³/mol. The van der Waals surface area contributed by atoms with E-state index in [9.17, 15) is 0 Å². The van der Waals surface area contributed by atoms with Gasteiger partial charge in [-0.3, -0.25) is 0 Å². The molecule has 0 radical (unpaired) electrons. The van der Waals surface area contributed by atoms with Crippen LogP contribution in [0.2, 0.25) is 0 Å². The van der Waals surface area contributed by atoms with Crippen molar-refractivity contribution < 1.29 is 9.15 Å². The average molecular weight is 218 g/mol. The summed E-state index contributed by atoms with van der Waals surface area (Å²) in [7, 11) is 0. The van der Waals surface area contributed by atoms with E-state index in [2.05, 4.69) is 10.3 Å². The monoisotopic (exact) mass is 218 g/mol. The molecular weight excluding hydrogens is 204 g/mol. The second-order valence-electron chi connectivity index (χ2n) is 3.98. The van der Waals surface area contributed by atoms with Gasteiger partial charge in [-0.2, -0.15) is 0 Å². The van der Waals surface area contributed by atoms with Crippen molar-refractivity contribution in [1.29, 1.82) is 0 Å². The molecule has 2 aromatic rings. The molecule has 3 rings (SSSR count). The topological polar surface area (TPSA) is 47.3 Å². The quantitative estimate of drug-likeness (QED) is 0.826. The highest BCUT2D eigenvalue weighted by molar-refractivity contribution is 5.72. The molecule has 0 spiro atoms. The van der Waals surface area contributed by atoms with Crippen molar-refractivity contribution in [2.75, 3.05) is 19.7 Å². The number of benzene rings is 1. The normalized spacial score (nSPS) is 21.4. The lowest BCUT2D eigenvalue weighted by Gasteiger charge is -2.22. The van der Waals surface area contributed by atoms with Gasteiger partial charge < -0.3 is 14.5 Å². The van der Waals surface area contributed by atoms with Gasteiger partial charge in [-0.05, 0) is 12.1 Å². The molecule has 1 aliphatic rings. The van der Waals surface area contributed by atoms with E-state index in [0.29, 0.717) is 0 Å². The summed E-state index contributed by atoms with van der Waals surface area (Å²) in [4.78, 5) is 4.43. The Balaban J connectivity index is 1.78. The Morgan fingerprint density at radius 3 is 3.12 bits per heavy atom. The van der Waals surface area contributed by atoms with Gasteiger partial charge in [-0.15, -0.1) is 0 Å². The molecule has 1 atom stereocenters. The second kappa shape index (κ2) is 4.23. The van der Waals surface area contributed by atoms with Crippen molar-refractivity contribution in [2.45, 2.75) is 12.5 Å².